The molecule has 0 radical (unpaired) electrons. The van der Waals surface area contributed by atoms with Gasteiger partial charge in [-0.15, -0.1) is 12.4 Å². The maximum atomic E-state index is 11.6. The summed E-state index contributed by atoms with van der Waals surface area (Å²) >= 11 is 0. The summed E-state index contributed by atoms with van der Waals surface area (Å²) in [4.78, 5) is 22.0. The van der Waals surface area contributed by atoms with Crippen LogP contribution in [-0.2, 0) is 4.79 Å². The molecule has 116 valence electrons. The first kappa shape index (κ1) is 17.2. The SMILES string of the molecule is Cl.O=C(CCNc1ccccc1[N+](=O)[O-])NCC1CNC1. The van der Waals surface area contributed by atoms with E-state index in [-0.39, 0.29) is 24.0 Å². The van der Waals surface area contributed by atoms with E-state index in [0.29, 0.717) is 31.1 Å². The van der Waals surface area contributed by atoms with Gasteiger partial charge in [0.15, 0.2) is 0 Å². The molecule has 2 rings (SSSR count). The minimum absolute atomic E-state index is 0. The Morgan fingerprint density at radius 2 is 2.10 bits per heavy atom. The summed E-state index contributed by atoms with van der Waals surface area (Å²) in [5.74, 6) is 0.491. The Hall–Kier alpha value is -1.86. The van der Waals surface area contributed by atoms with Gasteiger partial charge in [-0.05, 0) is 6.07 Å². The number of anilines is 1. The van der Waals surface area contributed by atoms with Crippen molar-refractivity contribution in [2.75, 3.05) is 31.5 Å². The largest absolute Gasteiger partial charge is 0.379 e. The highest BCUT2D eigenvalue weighted by Crippen LogP contribution is 2.22. The number of amides is 1. The van der Waals surface area contributed by atoms with Gasteiger partial charge in [-0.25, -0.2) is 0 Å². The smallest absolute Gasteiger partial charge is 0.292 e. The highest BCUT2D eigenvalue weighted by atomic mass is 35.5. The number of nitrogens with zero attached hydrogens (tertiary/aromatic N) is 1. The second-order valence-electron chi connectivity index (χ2n) is 4.78. The van der Waals surface area contributed by atoms with E-state index in [9.17, 15) is 14.9 Å². The molecule has 0 aliphatic carbocycles. The first-order valence-corrected chi connectivity index (χ1v) is 6.61. The lowest BCUT2D eigenvalue weighted by Crippen LogP contribution is -2.48. The summed E-state index contributed by atoms with van der Waals surface area (Å²) in [5, 5.41) is 19.7. The van der Waals surface area contributed by atoms with Crippen molar-refractivity contribution in [1.29, 1.82) is 0 Å². The number of halogens is 1. The molecular formula is C13H19ClN4O3. The Balaban J connectivity index is 0.00000220. The van der Waals surface area contributed by atoms with Crippen LogP contribution in [0.2, 0.25) is 0 Å². The number of rotatable bonds is 7. The van der Waals surface area contributed by atoms with Gasteiger partial charge in [0, 0.05) is 44.6 Å². The summed E-state index contributed by atoms with van der Waals surface area (Å²) in [6.45, 7) is 2.97. The van der Waals surface area contributed by atoms with Gasteiger partial charge in [-0.2, -0.15) is 0 Å². The van der Waals surface area contributed by atoms with Crippen LogP contribution in [0.4, 0.5) is 11.4 Å². The molecule has 3 N–H and O–H groups in total. The van der Waals surface area contributed by atoms with E-state index < -0.39 is 4.92 Å². The van der Waals surface area contributed by atoms with Crippen molar-refractivity contribution in [3.63, 3.8) is 0 Å². The zero-order chi connectivity index (χ0) is 14.4. The third kappa shape index (κ3) is 5.20. The molecule has 1 heterocycles. The summed E-state index contributed by atoms with van der Waals surface area (Å²) in [6, 6.07) is 6.41. The lowest BCUT2D eigenvalue weighted by molar-refractivity contribution is -0.384. The van der Waals surface area contributed by atoms with Crippen LogP contribution < -0.4 is 16.0 Å². The molecule has 1 amide bonds. The fraction of sp³-hybridized carbons (Fsp3) is 0.462. The molecule has 1 aliphatic heterocycles. The van der Waals surface area contributed by atoms with E-state index in [0.717, 1.165) is 13.1 Å². The monoisotopic (exact) mass is 314 g/mol. The minimum atomic E-state index is -0.438. The van der Waals surface area contributed by atoms with Gasteiger partial charge in [0.2, 0.25) is 5.91 Å². The molecule has 1 aromatic rings. The van der Waals surface area contributed by atoms with Gasteiger partial charge in [-0.3, -0.25) is 14.9 Å². The third-order valence-corrected chi connectivity index (χ3v) is 3.22. The van der Waals surface area contributed by atoms with Crippen LogP contribution in [0, 0.1) is 16.0 Å². The van der Waals surface area contributed by atoms with Gasteiger partial charge in [0.25, 0.3) is 5.69 Å². The summed E-state index contributed by atoms with van der Waals surface area (Å²) in [5.41, 5.74) is 0.460. The quantitative estimate of drug-likeness (QED) is 0.518. The van der Waals surface area contributed by atoms with Gasteiger partial charge in [-0.1, -0.05) is 12.1 Å². The molecule has 1 aromatic carbocycles. The number of benzene rings is 1. The molecule has 0 spiro atoms. The first-order chi connectivity index (χ1) is 9.66. The number of carbonyl (C=O) groups is 1. The normalized spacial score (nSPS) is 13.7. The highest BCUT2D eigenvalue weighted by molar-refractivity contribution is 5.85. The van der Waals surface area contributed by atoms with Crippen LogP contribution in [0.15, 0.2) is 24.3 Å². The van der Waals surface area contributed by atoms with Crippen molar-refractivity contribution in [2.45, 2.75) is 6.42 Å². The summed E-state index contributed by atoms with van der Waals surface area (Å²) in [7, 11) is 0. The van der Waals surface area contributed by atoms with Crippen molar-refractivity contribution in [3.05, 3.63) is 34.4 Å². The molecular weight excluding hydrogens is 296 g/mol. The molecule has 0 unspecified atom stereocenters. The Labute approximate surface area is 129 Å². The molecule has 1 saturated heterocycles. The zero-order valence-corrected chi connectivity index (χ0v) is 12.3. The molecule has 0 atom stereocenters. The number of nitro benzene ring substituents is 1. The molecule has 1 fully saturated rings. The second kappa shape index (κ2) is 8.43. The van der Waals surface area contributed by atoms with Crippen LogP contribution in [0.1, 0.15) is 6.42 Å². The maximum absolute atomic E-state index is 11.6. The topological polar surface area (TPSA) is 96.3 Å². The lowest BCUT2D eigenvalue weighted by Gasteiger charge is -2.27. The van der Waals surface area contributed by atoms with Crippen molar-refractivity contribution in [2.24, 2.45) is 5.92 Å². The number of nitrogens with one attached hydrogen (secondary N) is 3. The van der Waals surface area contributed by atoms with Gasteiger partial charge in [0.1, 0.15) is 5.69 Å². The van der Waals surface area contributed by atoms with Crippen molar-refractivity contribution < 1.29 is 9.72 Å². The average molecular weight is 315 g/mol. The molecule has 0 saturated carbocycles. The van der Waals surface area contributed by atoms with Crippen LogP contribution in [0.25, 0.3) is 0 Å². The van der Waals surface area contributed by atoms with E-state index in [1.54, 1.807) is 18.2 Å². The van der Waals surface area contributed by atoms with Gasteiger partial charge < -0.3 is 16.0 Å². The van der Waals surface area contributed by atoms with Crippen LogP contribution in [-0.4, -0.2) is 37.0 Å². The molecule has 8 heteroatoms. The average Bonchev–Trinajstić information content (AvgIpc) is 2.37. The summed E-state index contributed by atoms with van der Waals surface area (Å²) in [6.07, 6.45) is 0.298. The number of carbonyl (C=O) groups excluding carboxylic acids is 1. The maximum Gasteiger partial charge on any atom is 0.292 e. The summed E-state index contributed by atoms with van der Waals surface area (Å²) < 4.78 is 0. The molecule has 0 bridgehead atoms. The Morgan fingerprint density at radius 3 is 2.71 bits per heavy atom. The van der Waals surface area contributed by atoms with Crippen LogP contribution in [0.5, 0.6) is 0 Å². The van der Waals surface area contributed by atoms with E-state index in [1.807, 2.05) is 0 Å². The fourth-order valence-corrected chi connectivity index (χ4v) is 1.93. The third-order valence-electron chi connectivity index (χ3n) is 3.22. The Kier molecular flexibility index (Phi) is 6.90. The minimum Gasteiger partial charge on any atom is -0.379 e. The lowest BCUT2D eigenvalue weighted by atomic mass is 10.0. The Bertz CT molecular complexity index is 494. The number of para-hydroxylation sites is 2. The zero-order valence-electron chi connectivity index (χ0n) is 11.5. The molecule has 0 aromatic heterocycles. The number of hydrogen-bond donors (Lipinski definition) is 3. The van der Waals surface area contributed by atoms with Crippen molar-refractivity contribution in [3.8, 4) is 0 Å². The second-order valence-corrected chi connectivity index (χ2v) is 4.78. The standard InChI is InChI=1S/C13H18N4O3.ClH/c18-13(16-9-10-7-14-8-10)5-6-15-11-3-1-2-4-12(11)17(19)20;/h1-4,10,14-15H,5-9H2,(H,16,18);1H. The predicted octanol–water partition coefficient (Wildman–Crippen LogP) is 1.15. The van der Waals surface area contributed by atoms with Gasteiger partial charge in [0.05, 0.1) is 4.92 Å². The van der Waals surface area contributed by atoms with E-state index >= 15 is 0 Å². The molecule has 7 nitrogen and oxygen atoms in total. The van der Waals surface area contributed by atoms with E-state index in [1.165, 1.54) is 6.07 Å². The van der Waals surface area contributed by atoms with Crippen LogP contribution >= 0.6 is 12.4 Å². The van der Waals surface area contributed by atoms with Crippen molar-refractivity contribution >= 4 is 29.7 Å². The van der Waals surface area contributed by atoms with Gasteiger partial charge >= 0.3 is 0 Å². The van der Waals surface area contributed by atoms with Crippen molar-refractivity contribution in [1.82, 2.24) is 10.6 Å². The number of nitro groups is 1. The van der Waals surface area contributed by atoms with Crippen LogP contribution in [0.3, 0.4) is 0 Å². The highest BCUT2D eigenvalue weighted by Gasteiger charge is 2.17. The van der Waals surface area contributed by atoms with E-state index in [2.05, 4.69) is 16.0 Å². The predicted molar refractivity (Wildman–Crippen MR) is 82.8 cm³/mol. The fourth-order valence-electron chi connectivity index (χ4n) is 1.93. The molecule has 21 heavy (non-hydrogen) atoms. The Morgan fingerprint density at radius 1 is 1.38 bits per heavy atom. The molecule has 1 aliphatic rings. The first-order valence-electron chi connectivity index (χ1n) is 6.61. The van der Waals surface area contributed by atoms with E-state index in [4.69, 9.17) is 0 Å². The number of hydrogen-bond acceptors (Lipinski definition) is 5.